The van der Waals surface area contributed by atoms with Crippen molar-refractivity contribution in [1.82, 2.24) is 5.32 Å². The average molecular weight is 291 g/mol. The smallest absolute Gasteiger partial charge is 0.118 e. The Morgan fingerprint density at radius 1 is 1.10 bits per heavy atom. The molecule has 2 aromatic rings. The Morgan fingerprint density at radius 3 is 2.55 bits per heavy atom. The van der Waals surface area contributed by atoms with Gasteiger partial charge in [-0.25, -0.2) is 0 Å². The fourth-order valence-corrected chi connectivity index (χ4v) is 2.41. The Morgan fingerprint density at radius 2 is 1.85 bits per heavy atom. The summed E-state index contributed by atoms with van der Waals surface area (Å²) in [5.74, 6) is 3.89. The molecule has 0 atom stereocenters. The largest absolute Gasteiger partial charge is 0.497 e. The first-order chi connectivity index (χ1) is 9.81. The van der Waals surface area contributed by atoms with Gasteiger partial charge in [-0.15, -0.1) is 0 Å². The maximum Gasteiger partial charge on any atom is 0.118 e. The molecule has 4 heteroatoms. The van der Waals surface area contributed by atoms with Crippen LogP contribution < -0.4 is 10.1 Å². The minimum Gasteiger partial charge on any atom is -0.497 e. The van der Waals surface area contributed by atoms with Gasteiger partial charge in [0.25, 0.3) is 0 Å². The topological polar surface area (TPSA) is 34.4 Å². The van der Waals surface area contributed by atoms with Gasteiger partial charge in [-0.2, -0.15) is 11.8 Å². The molecule has 0 spiro atoms. The molecule has 1 aromatic carbocycles. The van der Waals surface area contributed by atoms with Crippen LogP contribution in [0.4, 0.5) is 0 Å². The molecule has 0 radical (unpaired) electrons. The van der Waals surface area contributed by atoms with E-state index in [2.05, 4.69) is 29.8 Å². The predicted molar refractivity (Wildman–Crippen MR) is 84.3 cm³/mol. The Hall–Kier alpha value is -1.39. The molecule has 0 aliphatic rings. The zero-order valence-electron chi connectivity index (χ0n) is 12.0. The highest BCUT2D eigenvalue weighted by Gasteiger charge is 2.01. The Kier molecular flexibility index (Phi) is 6.02. The summed E-state index contributed by atoms with van der Waals surface area (Å²) in [6.45, 7) is 1.72. The van der Waals surface area contributed by atoms with Gasteiger partial charge < -0.3 is 14.5 Å². The van der Waals surface area contributed by atoms with Gasteiger partial charge >= 0.3 is 0 Å². The minimum absolute atomic E-state index is 0.782. The fraction of sp³-hybridized carbons (Fsp3) is 0.375. The van der Waals surface area contributed by atoms with Gasteiger partial charge in [0.2, 0.25) is 0 Å². The van der Waals surface area contributed by atoms with Gasteiger partial charge in [-0.3, -0.25) is 0 Å². The molecule has 0 amide bonds. The molecule has 1 aromatic heterocycles. The van der Waals surface area contributed by atoms with Crippen molar-refractivity contribution >= 4 is 11.8 Å². The molecule has 108 valence electrons. The van der Waals surface area contributed by atoms with Crippen molar-refractivity contribution in [3.63, 3.8) is 0 Å². The Balaban J connectivity index is 1.69. The molecule has 0 bridgehead atoms. The van der Waals surface area contributed by atoms with Gasteiger partial charge in [-0.05, 0) is 49.1 Å². The van der Waals surface area contributed by atoms with Crippen LogP contribution in [0.1, 0.15) is 17.1 Å². The molecular formula is C16H21NO2S. The number of hydrogen-bond acceptors (Lipinski definition) is 4. The van der Waals surface area contributed by atoms with Gasteiger partial charge in [0, 0.05) is 0 Å². The summed E-state index contributed by atoms with van der Waals surface area (Å²) in [6.07, 6.45) is 3.08. The number of nitrogens with one attached hydrogen (secondary N) is 1. The van der Waals surface area contributed by atoms with E-state index in [1.165, 1.54) is 5.56 Å². The van der Waals surface area contributed by atoms with Crippen molar-refractivity contribution in [3.05, 3.63) is 53.5 Å². The number of thioether (sulfide) groups is 1. The molecule has 1 heterocycles. The lowest BCUT2D eigenvalue weighted by Crippen LogP contribution is -2.16. The van der Waals surface area contributed by atoms with Crippen molar-refractivity contribution in [1.29, 1.82) is 0 Å². The third-order valence-corrected chi connectivity index (χ3v) is 3.63. The summed E-state index contributed by atoms with van der Waals surface area (Å²) < 4.78 is 10.9. The quantitative estimate of drug-likeness (QED) is 0.755. The number of rotatable bonds is 8. The van der Waals surface area contributed by atoms with Crippen LogP contribution in [0.5, 0.6) is 5.75 Å². The van der Waals surface area contributed by atoms with E-state index in [1.807, 2.05) is 18.2 Å². The maximum absolute atomic E-state index is 5.71. The van der Waals surface area contributed by atoms with Crippen molar-refractivity contribution in [2.24, 2.45) is 0 Å². The van der Waals surface area contributed by atoms with E-state index in [0.29, 0.717) is 0 Å². The van der Waals surface area contributed by atoms with E-state index in [0.717, 1.165) is 42.5 Å². The summed E-state index contributed by atoms with van der Waals surface area (Å²) >= 11 is 1.77. The van der Waals surface area contributed by atoms with Crippen molar-refractivity contribution in [2.45, 2.75) is 18.7 Å². The van der Waals surface area contributed by atoms with Gasteiger partial charge in [-0.1, -0.05) is 12.1 Å². The van der Waals surface area contributed by atoms with Crippen molar-refractivity contribution in [3.8, 4) is 5.75 Å². The summed E-state index contributed by atoms with van der Waals surface area (Å²) in [5.41, 5.74) is 1.31. The third-order valence-electron chi connectivity index (χ3n) is 3.05. The average Bonchev–Trinajstić information content (AvgIpc) is 2.92. The molecule has 0 aliphatic heterocycles. The lowest BCUT2D eigenvalue weighted by atomic mass is 10.1. The SMILES string of the molecule is COc1ccc(CCNCc2ccc(CSC)o2)cc1. The standard InChI is InChI=1S/C16H21NO2S/c1-18-14-5-3-13(4-6-14)9-10-17-11-15-7-8-16(19-15)12-20-2/h3-8,17H,9-12H2,1-2H3. The maximum atomic E-state index is 5.71. The van der Waals surface area contributed by atoms with Gasteiger partial charge in [0.15, 0.2) is 0 Å². The highest BCUT2D eigenvalue weighted by molar-refractivity contribution is 7.97. The van der Waals surface area contributed by atoms with Crippen LogP contribution in [0, 0.1) is 0 Å². The minimum atomic E-state index is 0.782. The van der Waals surface area contributed by atoms with E-state index in [1.54, 1.807) is 18.9 Å². The Bertz CT molecular complexity index is 507. The third kappa shape index (κ3) is 4.62. The van der Waals surface area contributed by atoms with E-state index in [9.17, 15) is 0 Å². The molecule has 0 fully saturated rings. The molecule has 0 saturated heterocycles. The van der Waals surface area contributed by atoms with Gasteiger partial charge in [0.1, 0.15) is 17.3 Å². The van der Waals surface area contributed by atoms with E-state index in [4.69, 9.17) is 9.15 Å². The van der Waals surface area contributed by atoms with Gasteiger partial charge in [0.05, 0.1) is 19.4 Å². The molecule has 1 N–H and O–H groups in total. The van der Waals surface area contributed by atoms with Crippen LogP contribution in [0.25, 0.3) is 0 Å². The second-order valence-electron chi connectivity index (χ2n) is 4.58. The first-order valence-electron chi connectivity index (χ1n) is 6.72. The highest BCUT2D eigenvalue weighted by Crippen LogP contribution is 2.13. The summed E-state index contributed by atoms with van der Waals surface area (Å²) in [5, 5.41) is 3.40. The molecule has 0 saturated carbocycles. The number of ether oxygens (including phenoxy) is 1. The van der Waals surface area contributed by atoms with Crippen LogP contribution in [-0.4, -0.2) is 19.9 Å². The molecule has 0 aliphatic carbocycles. The summed E-state index contributed by atoms with van der Waals surface area (Å²) in [6, 6.07) is 12.3. The Labute approximate surface area is 124 Å². The zero-order valence-corrected chi connectivity index (χ0v) is 12.8. The molecular weight excluding hydrogens is 270 g/mol. The number of furan rings is 1. The second kappa shape index (κ2) is 8.02. The van der Waals surface area contributed by atoms with Crippen LogP contribution in [-0.2, 0) is 18.7 Å². The normalized spacial score (nSPS) is 10.7. The highest BCUT2D eigenvalue weighted by atomic mass is 32.2. The number of benzene rings is 1. The molecule has 2 rings (SSSR count). The zero-order chi connectivity index (χ0) is 14.2. The first kappa shape index (κ1) is 15.0. The van der Waals surface area contributed by atoms with Crippen LogP contribution in [0.15, 0.2) is 40.8 Å². The first-order valence-corrected chi connectivity index (χ1v) is 8.11. The second-order valence-corrected chi connectivity index (χ2v) is 5.44. The molecule has 20 heavy (non-hydrogen) atoms. The van der Waals surface area contributed by atoms with E-state index >= 15 is 0 Å². The summed E-state index contributed by atoms with van der Waals surface area (Å²) in [4.78, 5) is 0. The number of hydrogen-bond donors (Lipinski definition) is 1. The number of methoxy groups -OCH3 is 1. The van der Waals surface area contributed by atoms with Crippen molar-refractivity contribution < 1.29 is 9.15 Å². The summed E-state index contributed by atoms with van der Waals surface area (Å²) in [7, 11) is 1.69. The molecule has 0 unspecified atom stereocenters. The monoisotopic (exact) mass is 291 g/mol. The van der Waals surface area contributed by atoms with Crippen LogP contribution in [0.2, 0.25) is 0 Å². The van der Waals surface area contributed by atoms with E-state index in [-0.39, 0.29) is 0 Å². The van der Waals surface area contributed by atoms with Crippen LogP contribution >= 0.6 is 11.8 Å². The lowest BCUT2D eigenvalue weighted by molar-refractivity contribution is 0.414. The fourth-order valence-electron chi connectivity index (χ4n) is 1.97. The van der Waals surface area contributed by atoms with Crippen LogP contribution in [0.3, 0.4) is 0 Å². The predicted octanol–water partition coefficient (Wildman–Crippen LogP) is 3.48. The van der Waals surface area contributed by atoms with Crippen molar-refractivity contribution in [2.75, 3.05) is 19.9 Å². The lowest BCUT2D eigenvalue weighted by Gasteiger charge is -2.04. The molecule has 3 nitrogen and oxygen atoms in total. The van der Waals surface area contributed by atoms with E-state index < -0.39 is 0 Å².